The Morgan fingerprint density at radius 1 is 1.15 bits per heavy atom. The molecule has 2 aromatic rings. The molecule has 0 amide bonds. The van der Waals surface area contributed by atoms with Gasteiger partial charge in [0.1, 0.15) is 11.5 Å². The van der Waals surface area contributed by atoms with Gasteiger partial charge in [-0.15, -0.1) is 0 Å². The second kappa shape index (κ2) is 6.24. The quantitative estimate of drug-likeness (QED) is 0.897. The Bertz CT molecular complexity index is 617. The Labute approximate surface area is 125 Å². The number of ether oxygens (including phenoxy) is 2. The van der Waals surface area contributed by atoms with Crippen molar-refractivity contribution in [2.45, 2.75) is 13.0 Å². The molecule has 106 valence electrons. The van der Waals surface area contributed by atoms with Crippen LogP contribution >= 0.6 is 15.9 Å². The first-order chi connectivity index (χ1) is 9.52. The molecule has 3 nitrogen and oxygen atoms in total. The minimum Gasteiger partial charge on any atom is -0.496 e. The van der Waals surface area contributed by atoms with Gasteiger partial charge in [0.15, 0.2) is 11.6 Å². The highest BCUT2D eigenvalue weighted by Crippen LogP contribution is 2.36. The lowest BCUT2D eigenvalue weighted by atomic mass is 10.1. The van der Waals surface area contributed by atoms with Crippen LogP contribution in [0.5, 0.6) is 17.2 Å². The lowest BCUT2D eigenvalue weighted by molar-refractivity contribution is 0.393. The lowest BCUT2D eigenvalue weighted by Gasteiger charge is -2.17. The fraction of sp³-hybridized carbons (Fsp3) is 0.200. The van der Waals surface area contributed by atoms with Gasteiger partial charge in [-0.05, 0) is 37.3 Å². The summed E-state index contributed by atoms with van der Waals surface area (Å²) in [6, 6.07) is 9.53. The van der Waals surface area contributed by atoms with Gasteiger partial charge in [-0.25, -0.2) is 4.39 Å². The molecule has 0 radical (unpaired) electrons. The molecule has 2 N–H and O–H groups in total. The highest BCUT2D eigenvalue weighted by Gasteiger charge is 2.16. The van der Waals surface area contributed by atoms with Crippen LogP contribution in [0.4, 0.5) is 4.39 Å². The molecule has 0 aliphatic heterocycles. The third-order valence-corrected chi connectivity index (χ3v) is 3.31. The number of methoxy groups -OCH3 is 1. The largest absolute Gasteiger partial charge is 0.496 e. The van der Waals surface area contributed by atoms with E-state index in [0.717, 1.165) is 4.47 Å². The first-order valence-electron chi connectivity index (χ1n) is 6.08. The molecule has 0 saturated heterocycles. The zero-order chi connectivity index (χ0) is 14.7. The number of hydrogen-bond donors (Lipinski definition) is 1. The van der Waals surface area contributed by atoms with E-state index < -0.39 is 5.82 Å². The average molecular weight is 340 g/mol. The fourth-order valence-corrected chi connectivity index (χ4v) is 2.25. The molecule has 0 heterocycles. The van der Waals surface area contributed by atoms with Gasteiger partial charge in [0.2, 0.25) is 0 Å². The fourth-order valence-electron chi connectivity index (χ4n) is 1.91. The van der Waals surface area contributed by atoms with Crippen LogP contribution in [0.1, 0.15) is 18.5 Å². The lowest BCUT2D eigenvalue weighted by Crippen LogP contribution is -2.09. The number of halogens is 2. The average Bonchev–Trinajstić information content (AvgIpc) is 2.42. The van der Waals surface area contributed by atoms with Crippen LogP contribution < -0.4 is 15.2 Å². The summed E-state index contributed by atoms with van der Waals surface area (Å²) in [5, 5.41) is 0. The smallest absolute Gasteiger partial charge is 0.165 e. The van der Waals surface area contributed by atoms with Crippen LogP contribution in [-0.2, 0) is 0 Å². The van der Waals surface area contributed by atoms with Crippen molar-refractivity contribution in [3.8, 4) is 17.2 Å². The predicted octanol–water partition coefficient (Wildman–Crippen LogP) is 4.41. The van der Waals surface area contributed by atoms with Crippen molar-refractivity contribution in [2.24, 2.45) is 5.73 Å². The first-order valence-corrected chi connectivity index (χ1v) is 6.87. The van der Waals surface area contributed by atoms with Gasteiger partial charge in [-0.3, -0.25) is 0 Å². The summed E-state index contributed by atoms with van der Waals surface area (Å²) in [5.74, 6) is 0.797. The Hall–Kier alpha value is -1.59. The molecule has 0 aromatic heterocycles. The number of hydrogen-bond acceptors (Lipinski definition) is 3. The van der Waals surface area contributed by atoms with Crippen LogP contribution in [0.3, 0.4) is 0 Å². The Morgan fingerprint density at radius 2 is 1.85 bits per heavy atom. The first kappa shape index (κ1) is 14.8. The predicted molar refractivity (Wildman–Crippen MR) is 79.8 cm³/mol. The number of rotatable bonds is 4. The summed E-state index contributed by atoms with van der Waals surface area (Å²) in [4.78, 5) is 0. The van der Waals surface area contributed by atoms with Crippen molar-refractivity contribution >= 4 is 15.9 Å². The molecule has 0 unspecified atom stereocenters. The number of benzene rings is 2. The van der Waals surface area contributed by atoms with E-state index in [1.807, 2.05) is 6.92 Å². The normalized spacial score (nSPS) is 12.1. The van der Waals surface area contributed by atoms with E-state index in [0.29, 0.717) is 17.1 Å². The Kier molecular flexibility index (Phi) is 4.62. The molecular formula is C15H15BrFNO2. The Morgan fingerprint density at radius 3 is 2.50 bits per heavy atom. The van der Waals surface area contributed by atoms with E-state index >= 15 is 0 Å². The monoisotopic (exact) mass is 339 g/mol. The molecule has 2 aromatic carbocycles. The van der Waals surface area contributed by atoms with Crippen LogP contribution in [0, 0.1) is 5.82 Å². The Balaban J connectivity index is 2.45. The van der Waals surface area contributed by atoms with Crippen molar-refractivity contribution < 1.29 is 13.9 Å². The maximum absolute atomic E-state index is 13.8. The van der Waals surface area contributed by atoms with Crippen molar-refractivity contribution in [1.29, 1.82) is 0 Å². The molecule has 0 fully saturated rings. The van der Waals surface area contributed by atoms with E-state index in [-0.39, 0.29) is 11.8 Å². The third kappa shape index (κ3) is 3.11. The van der Waals surface area contributed by atoms with E-state index in [1.165, 1.54) is 6.07 Å². The van der Waals surface area contributed by atoms with Gasteiger partial charge < -0.3 is 15.2 Å². The molecule has 20 heavy (non-hydrogen) atoms. The zero-order valence-electron chi connectivity index (χ0n) is 11.2. The van der Waals surface area contributed by atoms with Gasteiger partial charge >= 0.3 is 0 Å². The topological polar surface area (TPSA) is 44.5 Å². The second-order valence-corrected chi connectivity index (χ2v) is 5.25. The molecule has 0 saturated carbocycles. The summed E-state index contributed by atoms with van der Waals surface area (Å²) in [5.41, 5.74) is 6.65. The van der Waals surface area contributed by atoms with Gasteiger partial charge in [0, 0.05) is 10.5 Å². The molecule has 1 atom stereocenters. The molecule has 0 aliphatic carbocycles. The summed E-state index contributed by atoms with van der Waals surface area (Å²) in [6.45, 7) is 1.82. The van der Waals surface area contributed by atoms with Crippen LogP contribution in [0.15, 0.2) is 40.9 Å². The van der Waals surface area contributed by atoms with Crippen molar-refractivity contribution in [2.75, 3.05) is 7.11 Å². The third-order valence-electron chi connectivity index (χ3n) is 2.81. The highest BCUT2D eigenvalue weighted by atomic mass is 79.9. The molecule has 5 heteroatoms. The van der Waals surface area contributed by atoms with Crippen LogP contribution in [0.25, 0.3) is 0 Å². The minimum atomic E-state index is -0.438. The van der Waals surface area contributed by atoms with Crippen LogP contribution in [0.2, 0.25) is 0 Å². The summed E-state index contributed by atoms with van der Waals surface area (Å²) >= 11 is 3.29. The van der Waals surface area contributed by atoms with Crippen molar-refractivity contribution in [3.63, 3.8) is 0 Å². The maximum Gasteiger partial charge on any atom is 0.165 e. The zero-order valence-corrected chi connectivity index (χ0v) is 12.8. The minimum absolute atomic E-state index is 0.134. The summed E-state index contributed by atoms with van der Waals surface area (Å²) in [7, 11) is 1.56. The second-order valence-electron chi connectivity index (χ2n) is 4.34. The molecule has 0 bridgehead atoms. The molecule has 2 rings (SSSR count). The maximum atomic E-state index is 13.8. The standard InChI is InChI=1S/C15H15BrFNO2/c1-9(18)15-12(19-2)4-3-5-13(15)20-14-8-10(16)6-7-11(14)17/h3-9H,18H2,1-2H3/t9-/m0/s1. The summed E-state index contributed by atoms with van der Waals surface area (Å²) < 4.78 is 25.4. The van der Waals surface area contributed by atoms with E-state index in [2.05, 4.69) is 15.9 Å². The summed E-state index contributed by atoms with van der Waals surface area (Å²) in [6.07, 6.45) is 0. The van der Waals surface area contributed by atoms with Crippen molar-refractivity contribution in [1.82, 2.24) is 0 Å². The van der Waals surface area contributed by atoms with Gasteiger partial charge in [0.25, 0.3) is 0 Å². The SMILES string of the molecule is COc1cccc(Oc2cc(Br)ccc2F)c1[C@H](C)N. The van der Waals surface area contributed by atoms with E-state index in [9.17, 15) is 4.39 Å². The molecule has 0 spiro atoms. The van der Waals surface area contributed by atoms with Crippen molar-refractivity contribution in [3.05, 3.63) is 52.3 Å². The van der Waals surface area contributed by atoms with E-state index in [4.69, 9.17) is 15.2 Å². The van der Waals surface area contributed by atoms with Gasteiger partial charge in [-0.1, -0.05) is 22.0 Å². The van der Waals surface area contributed by atoms with Gasteiger partial charge in [-0.2, -0.15) is 0 Å². The highest BCUT2D eigenvalue weighted by molar-refractivity contribution is 9.10. The molecular weight excluding hydrogens is 325 g/mol. The van der Waals surface area contributed by atoms with Crippen LogP contribution in [-0.4, -0.2) is 7.11 Å². The van der Waals surface area contributed by atoms with Gasteiger partial charge in [0.05, 0.1) is 12.7 Å². The van der Waals surface area contributed by atoms with E-state index in [1.54, 1.807) is 37.4 Å². The number of nitrogens with two attached hydrogens (primary N) is 1. The molecule has 0 aliphatic rings.